The molecule has 0 aromatic heterocycles. The van der Waals surface area contributed by atoms with Gasteiger partial charge in [0.15, 0.2) is 0 Å². The molecule has 7 heteroatoms. The normalized spacial score (nSPS) is 12.6. The SMILES string of the molecule is CO/C(=C/c1cccc(OC)c1)C(=O)Oc1ccc(C=NC(C(=O)O)C(C)C)cc1. The molecule has 0 saturated carbocycles. The molecule has 7 nitrogen and oxygen atoms in total. The first-order chi connectivity index (χ1) is 14.3. The van der Waals surface area contributed by atoms with E-state index in [1.54, 1.807) is 69.5 Å². The number of methoxy groups -OCH3 is 2. The van der Waals surface area contributed by atoms with E-state index in [2.05, 4.69) is 4.99 Å². The Balaban J connectivity index is 2.08. The predicted octanol–water partition coefficient (Wildman–Crippen LogP) is 3.82. The van der Waals surface area contributed by atoms with Crippen molar-refractivity contribution in [2.45, 2.75) is 19.9 Å². The molecule has 158 valence electrons. The van der Waals surface area contributed by atoms with E-state index in [9.17, 15) is 14.7 Å². The highest BCUT2D eigenvalue weighted by atomic mass is 16.6. The Labute approximate surface area is 175 Å². The molecule has 1 unspecified atom stereocenters. The monoisotopic (exact) mass is 411 g/mol. The minimum atomic E-state index is -0.971. The Kier molecular flexibility index (Phi) is 8.17. The predicted molar refractivity (Wildman–Crippen MR) is 114 cm³/mol. The van der Waals surface area contributed by atoms with E-state index in [1.165, 1.54) is 13.3 Å². The maximum atomic E-state index is 12.4. The van der Waals surface area contributed by atoms with Crippen molar-refractivity contribution in [1.82, 2.24) is 0 Å². The van der Waals surface area contributed by atoms with Crippen LogP contribution in [0.5, 0.6) is 11.5 Å². The second-order valence-electron chi connectivity index (χ2n) is 6.75. The molecule has 0 heterocycles. The number of carboxylic acids is 1. The first-order valence-electron chi connectivity index (χ1n) is 9.32. The topological polar surface area (TPSA) is 94.4 Å². The third-order valence-corrected chi connectivity index (χ3v) is 4.17. The van der Waals surface area contributed by atoms with E-state index in [-0.39, 0.29) is 11.7 Å². The van der Waals surface area contributed by atoms with Crippen LogP contribution in [0.25, 0.3) is 6.08 Å². The smallest absolute Gasteiger partial charge is 0.378 e. The van der Waals surface area contributed by atoms with Gasteiger partial charge in [0.2, 0.25) is 5.76 Å². The number of aliphatic imine (C=N–C) groups is 1. The van der Waals surface area contributed by atoms with Gasteiger partial charge in [-0.2, -0.15) is 0 Å². The lowest BCUT2D eigenvalue weighted by Crippen LogP contribution is -2.24. The summed E-state index contributed by atoms with van der Waals surface area (Å²) < 4.78 is 15.7. The van der Waals surface area contributed by atoms with Crippen molar-refractivity contribution in [2.24, 2.45) is 10.9 Å². The van der Waals surface area contributed by atoms with Crippen LogP contribution in [0.15, 0.2) is 59.3 Å². The average Bonchev–Trinajstić information content (AvgIpc) is 2.72. The number of carbonyl (C=O) groups excluding carboxylic acids is 1. The minimum Gasteiger partial charge on any atom is -0.497 e. The van der Waals surface area contributed by atoms with Crippen LogP contribution in [0.4, 0.5) is 0 Å². The zero-order valence-electron chi connectivity index (χ0n) is 17.4. The van der Waals surface area contributed by atoms with E-state index in [0.717, 1.165) is 5.56 Å². The Morgan fingerprint density at radius 2 is 1.70 bits per heavy atom. The van der Waals surface area contributed by atoms with Crippen molar-refractivity contribution in [3.05, 3.63) is 65.4 Å². The second-order valence-corrected chi connectivity index (χ2v) is 6.75. The fourth-order valence-electron chi connectivity index (χ4n) is 2.55. The molecule has 0 aliphatic heterocycles. The minimum absolute atomic E-state index is 0.0372. The van der Waals surface area contributed by atoms with Gasteiger partial charge in [-0.25, -0.2) is 9.59 Å². The molecule has 0 radical (unpaired) electrons. The average molecular weight is 411 g/mol. The molecule has 0 aliphatic rings. The summed E-state index contributed by atoms with van der Waals surface area (Å²) in [6.45, 7) is 3.59. The van der Waals surface area contributed by atoms with Crippen LogP contribution < -0.4 is 9.47 Å². The number of carbonyl (C=O) groups is 2. The summed E-state index contributed by atoms with van der Waals surface area (Å²) in [6, 6.07) is 12.9. The molecule has 0 fully saturated rings. The van der Waals surface area contributed by atoms with Crippen LogP contribution in [-0.2, 0) is 14.3 Å². The lowest BCUT2D eigenvalue weighted by molar-refractivity contribution is -0.139. The highest BCUT2D eigenvalue weighted by Crippen LogP contribution is 2.18. The fourth-order valence-corrected chi connectivity index (χ4v) is 2.55. The Hall–Kier alpha value is -3.61. The summed E-state index contributed by atoms with van der Waals surface area (Å²) in [5.41, 5.74) is 1.42. The lowest BCUT2D eigenvalue weighted by atomic mass is 10.1. The van der Waals surface area contributed by atoms with Gasteiger partial charge >= 0.3 is 11.9 Å². The number of hydrogen-bond donors (Lipinski definition) is 1. The lowest BCUT2D eigenvalue weighted by Gasteiger charge is -2.10. The van der Waals surface area contributed by atoms with Gasteiger partial charge in [-0.1, -0.05) is 26.0 Å². The van der Waals surface area contributed by atoms with Crippen molar-refractivity contribution < 1.29 is 28.9 Å². The number of esters is 1. The van der Waals surface area contributed by atoms with E-state index in [4.69, 9.17) is 14.2 Å². The van der Waals surface area contributed by atoms with Gasteiger partial charge in [-0.05, 0) is 59.5 Å². The van der Waals surface area contributed by atoms with Crippen LogP contribution in [0.3, 0.4) is 0 Å². The third-order valence-electron chi connectivity index (χ3n) is 4.17. The van der Waals surface area contributed by atoms with E-state index in [1.807, 2.05) is 6.07 Å². The first-order valence-corrected chi connectivity index (χ1v) is 9.32. The zero-order chi connectivity index (χ0) is 22.1. The zero-order valence-corrected chi connectivity index (χ0v) is 17.4. The number of ether oxygens (including phenoxy) is 3. The Bertz CT molecular complexity index is 931. The number of rotatable bonds is 9. The van der Waals surface area contributed by atoms with Gasteiger partial charge in [0, 0.05) is 6.21 Å². The summed E-state index contributed by atoms with van der Waals surface area (Å²) in [6.07, 6.45) is 3.05. The Morgan fingerprint density at radius 3 is 2.27 bits per heavy atom. The van der Waals surface area contributed by atoms with Gasteiger partial charge in [0.1, 0.15) is 17.5 Å². The van der Waals surface area contributed by atoms with Gasteiger partial charge in [0.05, 0.1) is 14.2 Å². The molecule has 30 heavy (non-hydrogen) atoms. The summed E-state index contributed by atoms with van der Waals surface area (Å²) in [7, 11) is 2.95. The van der Waals surface area contributed by atoms with Crippen molar-refractivity contribution in [2.75, 3.05) is 14.2 Å². The maximum Gasteiger partial charge on any atom is 0.378 e. The molecule has 0 aliphatic carbocycles. The second kappa shape index (κ2) is 10.8. The van der Waals surface area contributed by atoms with Gasteiger partial charge < -0.3 is 19.3 Å². The summed E-state index contributed by atoms with van der Waals surface area (Å²) in [4.78, 5) is 27.7. The number of hydrogen-bond acceptors (Lipinski definition) is 6. The molecule has 2 aromatic rings. The van der Waals surface area contributed by atoms with E-state index < -0.39 is 18.0 Å². The van der Waals surface area contributed by atoms with E-state index in [0.29, 0.717) is 17.1 Å². The van der Waals surface area contributed by atoms with Crippen molar-refractivity contribution in [1.29, 1.82) is 0 Å². The Morgan fingerprint density at radius 1 is 1.00 bits per heavy atom. The first kappa shape index (κ1) is 22.7. The molecule has 2 aromatic carbocycles. The molecule has 0 saturated heterocycles. The molecular weight excluding hydrogens is 386 g/mol. The molecule has 0 amide bonds. The fraction of sp³-hybridized carbons (Fsp3) is 0.261. The highest BCUT2D eigenvalue weighted by Gasteiger charge is 2.19. The summed E-state index contributed by atoms with van der Waals surface area (Å²) >= 11 is 0. The van der Waals surface area contributed by atoms with Crippen LogP contribution in [0, 0.1) is 5.92 Å². The standard InChI is InChI=1S/C23H25NO6/c1-15(2)21(22(25)26)24-14-16-8-10-18(11-9-16)30-23(27)20(29-4)13-17-6-5-7-19(12-17)28-3/h5-15,21H,1-4H3,(H,25,26)/b20-13+,24-14?. The molecular formula is C23H25NO6. The maximum absolute atomic E-state index is 12.4. The third kappa shape index (κ3) is 6.48. The van der Waals surface area contributed by atoms with E-state index >= 15 is 0 Å². The molecule has 0 bridgehead atoms. The van der Waals surface area contributed by atoms with Gasteiger partial charge in [-0.15, -0.1) is 0 Å². The quantitative estimate of drug-likeness (QED) is 0.222. The molecule has 2 rings (SSSR count). The molecule has 0 spiro atoms. The largest absolute Gasteiger partial charge is 0.497 e. The molecule has 1 atom stereocenters. The number of benzene rings is 2. The number of aliphatic carboxylic acids is 1. The van der Waals surface area contributed by atoms with Gasteiger partial charge in [-0.3, -0.25) is 4.99 Å². The number of nitrogens with zero attached hydrogens (tertiary/aromatic N) is 1. The van der Waals surface area contributed by atoms with Crippen molar-refractivity contribution in [3.8, 4) is 11.5 Å². The highest BCUT2D eigenvalue weighted by molar-refractivity contribution is 5.93. The van der Waals surface area contributed by atoms with Crippen LogP contribution in [-0.4, -0.2) is 43.5 Å². The summed E-state index contributed by atoms with van der Waals surface area (Å²) in [5, 5.41) is 9.18. The summed E-state index contributed by atoms with van der Waals surface area (Å²) in [5.74, 6) is -0.719. The number of carboxylic acid groups (broad SMARTS) is 1. The van der Waals surface area contributed by atoms with Gasteiger partial charge in [0.25, 0.3) is 0 Å². The molecule has 1 N–H and O–H groups in total. The van der Waals surface area contributed by atoms with Crippen LogP contribution in [0.2, 0.25) is 0 Å². The van der Waals surface area contributed by atoms with Crippen LogP contribution >= 0.6 is 0 Å². The van der Waals surface area contributed by atoms with Crippen LogP contribution in [0.1, 0.15) is 25.0 Å². The van der Waals surface area contributed by atoms with Crippen molar-refractivity contribution >= 4 is 24.2 Å². The van der Waals surface area contributed by atoms with Crippen molar-refractivity contribution in [3.63, 3.8) is 0 Å².